The summed E-state index contributed by atoms with van der Waals surface area (Å²) >= 11 is 0. The van der Waals surface area contributed by atoms with Crippen molar-refractivity contribution in [3.63, 3.8) is 0 Å². The van der Waals surface area contributed by atoms with Crippen molar-refractivity contribution in [3.8, 4) is 5.75 Å². The number of anilines is 2. The second kappa shape index (κ2) is 9.42. The average molecular weight is 420 g/mol. The van der Waals surface area contributed by atoms with Gasteiger partial charge in [-0.05, 0) is 48.4 Å². The van der Waals surface area contributed by atoms with E-state index in [0.717, 1.165) is 0 Å². The maximum atomic E-state index is 12.7. The normalized spacial score (nSPS) is 12.2. The number of carbonyl (C=O) groups is 2. The van der Waals surface area contributed by atoms with Crippen LogP contribution in [0.25, 0.3) is 0 Å². The Morgan fingerprint density at radius 3 is 2.21 bits per heavy atom. The number of ether oxygens (including phenoxy) is 1. The van der Waals surface area contributed by atoms with Crippen molar-refractivity contribution in [2.45, 2.75) is 31.7 Å². The zero-order chi connectivity index (χ0) is 21.6. The van der Waals surface area contributed by atoms with Gasteiger partial charge < -0.3 is 15.4 Å². The van der Waals surface area contributed by atoms with E-state index in [1.807, 2.05) is 0 Å². The Morgan fingerprint density at radius 1 is 1.00 bits per heavy atom. The summed E-state index contributed by atoms with van der Waals surface area (Å²) in [5.41, 5.74) is 0.689. The predicted octanol–water partition coefficient (Wildman–Crippen LogP) is 2.60. The number of nitrogens with one attached hydrogen (secondary N) is 3. The number of methoxy groups -OCH3 is 1. The quantitative estimate of drug-likeness (QED) is 0.609. The molecule has 2 aromatic rings. The third-order valence-corrected chi connectivity index (χ3v) is 5.44. The Morgan fingerprint density at radius 2 is 1.66 bits per heavy atom. The van der Waals surface area contributed by atoms with E-state index in [9.17, 15) is 18.0 Å². The van der Waals surface area contributed by atoms with Gasteiger partial charge in [0.25, 0.3) is 10.0 Å². The van der Waals surface area contributed by atoms with Crippen molar-refractivity contribution in [2.24, 2.45) is 5.92 Å². The summed E-state index contributed by atoms with van der Waals surface area (Å²) in [4.78, 5) is 23.8. The Hall–Kier alpha value is -3.07. The standard InChI is InChI=1S/C20H25N3O5S/c1-13(2)19(21-14(3)24)20(25)22-16-6-5-7-18(12-16)29(26,27)23-15-8-10-17(28-4)11-9-15/h5-13,19,23H,1-4H3,(H,21,24)(H,22,25)/t19-/m1/s1. The number of sulfonamides is 1. The summed E-state index contributed by atoms with van der Waals surface area (Å²) in [6, 6.07) is 11.6. The van der Waals surface area contributed by atoms with Crippen LogP contribution >= 0.6 is 0 Å². The highest BCUT2D eigenvalue weighted by Gasteiger charge is 2.23. The van der Waals surface area contributed by atoms with E-state index in [1.54, 1.807) is 44.2 Å². The molecule has 0 bridgehead atoms. The van der Waals surface area contributed by atoms with E-state index in [1.165, 1.54) is 32.2 Å². The van der Waals surface area contributed by atoms with Gasteiger partial charge in [-0.15, -0.1) is 0 Å². The minimum atomic E-state index is -3.86. The van der Waals surface area contributed by atoms with Crippen molar-refractivity contribution in [1.82, 2.24) is 5.32 Å². The number of benzene rings is 2. The number of hydrogen-bond donors (Lipinski definition) is 3. The molecular weight excluding hydrogens is 394 g/mol. The van der Waals surface area contributed by atoms with Crippen LogP contribution in [-0.4, -0.2) is 33.4 Å². The third-order valence-electron chi connectivity index (χ3n) is 4.06. The molecule has 0 saturated heterocycles. The summed E-state index contributed by atoms with van der Waals surface area (Å²) in [5.74, 6) is -0.272. The number of carbonyl (C=O) groups excluding carboxylic acids is 2. The molecule has 0 aliphatic carbocycles. The Balaban J connectivity index is 2.18. The monoisotopic (exact) mass is 419 g/mol. The maximum absolute atomic E-state index is 12.7. The van der Waals surface area contributed by atoms with Gasteiger partial charge in [-0.25, -0.2) is 8.42 Å². The zero-order valence-electron chi connectivity index (χ0n) is 16.7. The topological polar surface area (TPSA) is 114 Å². The molecule has 0 unspecified atom stereocenters. The highest BCUT2D eigenvalue weighted by molar-refractivity contribution is 7.92. The van der Waals surface area contributed by atoms with E-state index in [-0.39, 0.29) is 16.7 Å². The lowest BCUT2D eigenvalue weighted by molar-refractivity contribution is -0.126. The summed E-state index contributed by atoms with van der Waals surface area (Å²) in [6.07, 6.45) is 0. The fraction of sp³-hybridized carbons (Fsp3) is 0.300. The Bertz CT molecular complexity index is 972. The predicted molar refractivity (Wildman–Crippen MR) is 111 cm³/mol. The Kier molecular flexibility index (Phi) is 7.22. The van der Waals surface area contributed by atoms with Gasteiger partial charge in [0.15, 0.2) is 0 Å². The number of rotatable bonds is 8. The van der Waals surface area contributed by atoms with Gasteiger partial charge in [0.1, 0.15) is 11.8 Å². The highest BCUT2D eigenvalue weighted by Crippen LogP contribution is 2.21. The second-order valence-electron chi connectivity index (χ2n) is 6.77. The molecule has 0 spiro atoms. The molecule has 2 rings (SSSR count). The van der Waals surface area contributed by atoms with E-state index in [2.05, 4.69) is 15.4 Å². The summed E-state index contributed by atoms with van der Waals surface area (Å²) in [6.45, 7) is 4.94. The van der Waals surface area contributed by atoms with Gasteiger partial charge in [-0.2, -0.15) is 0 Å². The fourth-order valence-corrected chi connectivity index (χ4v) is 3.69. The van der Waals surface area contributed by atoms with Crippen LogP contribution in [0.15, 0.2) is 53.4 Å². The van der Waals surface area contributed by atoms with E-state index >= 15 is 0 Å². The first-order valence-corrected chi connectivity index (χ1v) is 10.5. The first-order chi connectivity index (χ1) is 13.6. The second-order valence-corrected chi connectivity index (χ2v) is 8.46. The minimum absolute atomic E-state index is 0.00765. The lowest BCUT2D eigenvalue weighted by Gasteiger charge is -2.21. The molecule has 1 atom stereocenters. The molecule has 0 radical (unpaired) electrons. The number of hydrogen-bond acceptors (Lipinski definition) is 5. The van der Waals surface area contributed by atoms with Gasteiger partial charge in [0.2, 0.25) is 11.8 Å². The van der Waals surface area contributed by atoms with Crippen LogP contribution in [-0.2, 0) is 19.6 Å². The van der Waals surface area contributed by atoms with Gasteiger partial charge in [-0.3, -0.25) is 14.3 Å². The number of amides is 2. The largest absolute Gasteiger partial charge is 0.497 e. The van der Waals surface area contributed by atoms with Crippen molar-refractivity contribution in [3.05, 3.63) is 48.5 Å². The SMILES string of the molecule is COc1ccc(NS(=O)(=O)c2cccc(NC(=O)[C@H](NC(C)=O)C(C)C)c2)cc1. The highest BCUT2D eigenvalue weighted by atomic mass is 32.2. The molecule has 0 saturated carbocycles. The molecule has 3 N–H and O–H groups in total. The molecule has 0 heterocycles. The van der Waals surface area contributed by atoms with E-state index in [4.69, 9.17) is 4.74 Å². The van der Waals surface area contributed by atoms with Crippen LogP contribution in [0.3, 0.4) is 0 Å². The fourth-order valence-electron chi connectivity index (χ4n) is 2.59. The maximum Gasteiger partial charge on any atom is 0.261 e. The molecule has 29 heavy (non-hydrogen) atoms. The van der Waals surface area contributed by atoms with Crippen molar-refractivity contribution in [1.29, 1.82) is 0 Å². The molecule has 2 amide bonds. The van der Waals surface area contributed by atoms with Crippen LogP contribution in [0.4, 0.5) is 11.4 Å². The molecule has 2 aromatic carbocycles. The van der Waals surface area contributed by atoms with Crippen molar-refractivity contribution in [2.75, 3.05) is 17.1 Å². The molecule has 0 fully saturated rings. The summed E-state index contributed by atoms with van der Waals surface area (Å²) < 4.78 is 32.9. The van der Waals surface area contributed by atoms with Crippen LogP contribution in [0.2, 0.25) is 0 Å². The zero-order valence-corrected chi connectivity index (χ0v) is 17.5. The van der Waals surface area contributed by atoms with Gasteiger partial charge in [-0.1, -0.05) is 19.9 Å². The first-order valence-electron chi connectivity index (χ1n) is 8.97. The molecular formula is C20H25N3O5S. The van der Waals surface area contributed by atoms with Crippen LogP contribution < -0.4 is 20.1 Å². The van der Waals surface area contributed by atoms with Gasteiger partial charge in [0.05, 0.1) is 12.0 Å². The molecule has 9 heteroatoms. The van der Waals surface area contributed by atoms with Gasteiger partial charge >= 0.3 is 0 Å². The molecule has 0 aliphatic rings. The summed E-state index contributed by atoms with van der Waals surface area (Å²) in [5, 5.41) is 5.25. The smallest absolute Gasteiger partial charge is 0.261 e. The van der Waals surface area contributed by atoms with E-state index < -0.39 is 22.0 Å². The first kappa shape index (κ1) is 22.2. The lowest BCUT2D eigenvalue weighted by Crippen LogP contribution is -2.46. The molecule has 156 valence electrons. The van der Waals surface area contributed by atoms with Gasteiger partial charge in [0, 0.05) is 18.3 Å². The lowest BCUT2D eigenvalue weighted by atomic mass is 10.0. The van der Waals surface area contributed by atoms with Crippen molar-refractivity contribution < 1.29 is 22.7 Å². The third kappa shape index (κ3) is 6.21. The van der Waals surface area contributed by atoms with Crippen molar-refractivity contribution >= 4 is 33.2 Å². The van der Waals surface area contributed by atoms with Crippen LogP contribution in [0, 0.1) is 5.92 Å². The molecule has 0 aliphatic heterocycles. The Labute approximate surface area is 170 Å². The molecule has 8 nitrogen and oxygen atoms in total. The van der Waals surface area contributed by atoms with Crippen LogP contribution in [0.5, 0.6) is 5.75 Å². The van der Waals surface area contributed by atoms with E-state index in [0.29, 0.717) is 17.1 Å². The average Bonchev–Trinajstić information content (AvgIpc) is 2.66. The summed E-state index contributed by atoms with van der Waals surface area (Å²) in [7, 11) is -2.34. The van der Waals surface area contributed by atoms with Crippen LogP contribution in [0.1, 0.15) is 20.8 Å². The minimum Gasteiger partial charge on any atom is -0.497 e. The molecule has 0 aromatic heterocycles.